The maximum atomic E-state index is 12.7. The molecule has 0 unspecified atom stereocenters. The van der Waals surface area contributed by atoms with Crippen LogP contribution in [-0.2, 0) is 35.2 Å². The summed E-state index contributed by atoms with van der Waals surface area (Å²) in [7, 11) is 0. The summed E-state index contributed by atoms with van der Waals surface area (Å²) < 4.78 is 0. The van der Waals surface area contributed by atoms with Gasteiger partial charge in [-0.15, -0.1) is 0 Å². The predicted octanol–water partition coefficient (Wildman–Crippen LogP) is -5.18. The maximum Gasteiger partial charge on any atom is 0.322 e. The van der Waals surface area contributed by atoms with Crippen molar-refractivity contribution in [1.29, 1.82) is 0 Å². The molecule has 1 rings (SSSR count). The van der Waals surface area contributed by atoms with Crippen LogP contribution in [0.25, 0.3) is 0 Å². The molecule has 16 nitrogen and oxygen atoms in total. The van der Waals surface area contributed by atoms with E-state index in [1.54, 1.807) is 0 Å². The maximum absolute atomic E-state index is 12.7. The first-order chi connectivity index (χ1) is 16.1. The van der Waals surface area contributed by atoms with Gasteiger partial charge in [0, 0.05) is 24.7 Å². The lowest BCUT2D eigenvalue weighted by Crippen LogP contribution is -2.58. The number of aliphatic hydroxyl groups excluding tert-OH is 1. The van der Waals surface area contributed by atoms with Gasteiger partial charge in [0.05, 0.1) is 19.5 Å². The largest absolute Gasteiger partial charge is 0.480 e. The van der Waals surface area contributed by atoms with Crippen LogP contribution in [0.1, 0.15) is 18.5 Å². The molecule has 3 atom stereocenters. The number of H-pyrrole nitrogens is 1. The summed E-state index contributed by atoms with van der Waals surface area (Å²) in [5, 5.41) is 27.2. The first-order valence-electron chi connectivity index (χ1n) is 10.0. The van der Waals surface area contributed by atoms with E-state index in [-0.39, 0.29) is 19.3 Å². The standard InChI is InChI=1S/C18H28N8O8/c19-4-14(29)24-11(3-9-5-21-8-23-9)17(33)26-12(7-27)18(34)25-10(1-2-13(20)28)16(32)22-6-15(30)31/h5,8,10-12,27H,1-4,6-7,19H2,(H2,20,28)(H,21,23)(H,22,32)(H,24,29)(H,25,34)(H,26,33)(H,30,31)/t10-,11-,12-/m0/s1. The Hall–Kier alpha value is -4.05. The van der Waals surface area contributed by atoms with Crippen LogP contribution < -0.4 is 32.7 Å². The van der Waals surface area contributed by atoms with Crippen molar-refractivity contribution in [2.24, 2.45) is 11.5 Å². The van der Waals surface area contributed by atoms with E-state index >= 15 is 0 Å². The van der Waals surface area contributed by atoms with Crippen molar-refractivity contribution >= 4 is 35.5 Å². The van der Waals surface area contributed by atoms with Crippen molar-refractivity contribution < 1.29 is 39.0 Å². The number of carboxylic acids is 1. The van der Waals surface area contributed by atoms with Crippen LogP contribution in [0.4, 0.5) is 0 Å². The molecule has 11 N–H and O–H groups in total. The zero-order chi connectivity index (χ0) is 25.7. The number of carbonyl (C=O) groups is 6. The zero-order valence-corrected chi connectivity index (χ0v) is 18.1. The van der Waals surface area contributed by atoms with Crippen molar-refractivity contribution in [3.05, 3.63) is 18.2 Å². The van der Waals surface area contributed by atoms with Gasteiger partial charge in [0.15, 0.2) is 0 Å². The van der Waals surface area contributed by atoms with E-state index in [2.05, 4.69) is 31.2 Å². The molecule has 0 fully saturated rings. The number of hydrogen-bond acceptors (Lipinski definition) is 9. The first-order valence-corrected chi connectivity index (χ1v) is 10.0. The van der Waals surface area contributed by atoms with Gasteiger partial charge in [-0.05, 0) is 6.42 Å². The fourth-order valence-corrected chi connectivity index (χ4v) is 2.66. The number of primary amides is 1. The monoisotopic (exact) mass is 484 g/mol. The molecule has 0 aromatic carbocycles. The molecule has 0 bridgehead atoms. The summed E-state index contributed by atoms with van der Waals surface area (Å²) in [5.74, 6) is -5.50. The summed E-state index contributed by atoms with van der Waals surface area (Å²) in [6.07, 6.45) is 2.19. The van der Waals surface area contributed by atoms with E-state index in [9.17, 15) is 33.9 Å². The number of hydrogen-bond donors (Lipinski definition) is 9. The highest BCUT2D eigenvalue weighted by Crippen LogP contribution is 2.02. The van der Waals surface area contributed by atoms with Crippen molar-refractivity contribution in [3.8, 4) is 0 Å². The van der Waals surface area contributed by atoms with Gasteiger partial charge in [0.25, 0.3) is 0 Å². The van der Waals surface area contributed by atoms with Gasteiger partial charge in [-0.3, -0.25) is 28.8 Å². The zero-order valence-electron chi connectivity index (χ0n) is 18.1. The molecule has 1 heterocycles. The van der Waals surface area contributed by atoms with E-state index in [4.69, 9.17) is 16.6 Å². The van der Waals surface area contributed by atoms with Gasteiger partial charge in [-0.25, -0.2) is 4.98 Å². The van der Waals surface area contributed by atoms with Crippen LogP contribution in [0.3, 0.4) is 0 Å². The number of rotatable bonds is 15. The Morgan fingerprint density at radius 3 is 2.18 bits per heavy atom. The molecule has 34 heavy (non-hydrogen) atoms. The quantitative estimate of drug-likeness (QED) is 0.114. The van der Waals surface area contributed by atoms with Gasteiger partial charge in [-0.1, -0.05) is 0 Å². The minimum atomic E-state index is -1.55. The molecule has 0 aliphatic carbocycles. The van der Waals surface area contributed by atoms with E-state index < -0.39 is 73.3 Å². The second-order valence-electron chi connectivity index (χ2n) is 7.03. The van der Waals surface area contributed by atoms with Crippen LogP contribution in [-0.4, -0.2) is 93.5 Å². The van der Waals surface area contributed by atoms with Gasteiger partial charge in [0.1, 0.15) is 24.7 Å². The Balaban J connectivity index is 2.89. The minimum absolute atomic E-state index is 0.0316. The molecular formula is C18H28N8O8. The third-order valence-electron chi connectivity index (χ3n) is 4.36. The second kappa shape index (κ2) is 14.2. The third-order valence-corrected chi connectivity index (χ3v) is 4.36. The van der Waals surface area contributed by atoms with Gasteiger partial charge in [-0.2, -0.15) is 0 Å². The predicted molar refractivity (Wildman–Crippen MR) is 113 cm³/mol. The van der Waals surface area contributed by atoms with E-state index in [0.29, 0.717) is 5.69 Å². The number of aliphatic carboxylic acids is 1. The second-order valence-corrected chi connectivity index (χ2v) is 7.03. The number of carbonyl (C=O) groups excluding carboxylic acids is 5. The highest BCUT2D eigenvalue weighted by molar-refractivity contribution is 5.95. The summed E-state index contributed by atoms with van der Waals surface area (Å²) in [5.41, 5.74) is 10.8. The number of aromatic amines is 1. The van der Waals surface area contributed by atoms with Crippen molar-refractivity contribution in [1.82, 2.24) is 31.2 Å². The van der Waals surface area contributed by atoms with Crippen LogP contribution in [0.2, 0.25) is 0 Å². The minimum Gasteiger partial charge on any atom is -0.480 e. The molecular weight excluding hydrogens is 456 g/mol. The van der Waals surface area contributed by atoms with Crippen LogP contribution in [0.5, 0.6) is 0 Å². The molecule has 0 saturated heterocycles. The lowest BCUT2D eigenvalue weighted by atomic mass is 10.1. The summed E-state index contributed by atoms with van der Waals surface area (Å²) in [4.78, 5) is 77.5. The SMILES string of the molecule is NCC(=O)N[C@@H](Cc1cnc[nH]1)C(=O)N[C@@H](CO)C(=O)N[C@@H](CCC(N)=O)C(=O)NCC(=O)O. The van der Waals surface area contributed by atoms with Crippen LogP contribution in [0.15, 0.2) is 12.5 Å². The van der Waals surface area contributed by atoms with Gasteiger partial charge < -0.3 is 47.9 Å². The Morgan fingerprint density at radius 2 is 1.65 bits per heavy atom. The molecule has 0 aliphatic heterocycles. The Kier molecular flexibility index (Phi) is 11.7. The van der Waals surface area contributed by atoms with E-state index in [1.165, 1.54) is 12.5 Å². The topological polar surface area (TPSA) is 272 Å². The normalized spacial score (nSPS) is 13.1. The number of amides is 5. The molecule has 5 amide bonds. The van der Waals surface area contributed by atoms with Gasteiger partial charge in [0.2, 0.25) is 29.5 Å². The van der Waals surface area contributed by atoms with Crippen LogP contribution in [0, 0.1) is 0 Å². The number of imidazole rings is 1. The summed E-state index contributed by atoms with van der Waals surface area (Å²) in [6.45, 7) is -2.01. The third kappa shape index (κ3) is 10.0. The molecule has 0 saturated carbocycles. The fraction of sp³-hybridized carbons (Fsp3) is 0.500. The molecule has 188 valence electrons. The average molecular weight is 484 g/mol. The number of nitrogens with zero attached hydrogens (tertiary/aromatic N) is 1. The Bertz CT molecular complexity index is 875. The van der Waals surface area contributed by atoms with Crippen molar-refractivity contribution in [2.75, 3.05) is 19.7 Å². The lowest BCUT2D eigenvalue weighted by Gasteiger charge is -2.24. The molecule has 16 heteroatoms. The highest BCUT2D eigenvalue weighted by Gasteiger charge is 2.29. The average Bonchev–Trinajstić information content (AvgIpc) is 3.30. The van der Waals surface area contributed by atoms with E-state index in [0.717, 1.165) is 0 Å². The summed E-state index contributed by atoms with van der Waals surface area (Å²) >= 11 is 0. The number of aliphatic hydroxyl groups is 1. The number of carboxylic acid groups (broad SMARTS) is 1. The van der Waals surface area contributed by atoms with Gasteiger partial charge >= 0.3 is 5.97 Å². The highest BCUT2D eigenvalue weighted by atomic mass is 16.4. The smallest absolute Gasteiger partial charge is 0.322 e. The first kappa shape index (κ1) is 28.0. The number of nitrogens with one attached hydrogen (secondary N) is 5. The Labute approximate surface area is 193 Å². The molecule has 1 aromatic rings. The van der Waals surface area contributed by atoms with Crippen molar-refractivity contribution in [2.45, 2.75) is 37.4 Å². The van der Waals surface area contributed by atoms with Crippen molar-refractivity contribution in [3.63, 3.8) is 0 Å². The molecule has 0 spiro atoms. The fourth-order valence-electron chi connectivity index (χ4n) is 2.66. The van der Waals surface area contributed by atoms with Crippen LogP contribution >= 0.6 is 0 Å². The number of aromatic nitrogens is 2. The molecule has 1 aromatic heterocycles. The lowest BCUT2D eigenvalue weighted by molar-refractivity contribution is -0.139. The summed E-state index contributed by atoms with van der Waals surface area (Å²) in [6, 6.07) is -4.10. The molecule has 0 aliphatic rings. The molecule has 0 radical (unpaired) electrons. The van der Waals surface area contributed by atoms with E-state index in [1.807, 2.05) is 0 Å². The Morgan fingerprint density at radius 1 is 1.00 bits per heavy atom. The number of nitrogens with two attached hydrogens (primary N) is 2.